The SMILES string of the molecule is Cc1ccc2c(c1)-c1cc(C)cc3c1B2c1c(-n2c4ccc(C)cc4c4cc(C)ccc42)cc(-n2c4ccc(C)cc4c4cc(C)ccc42)c2c1N3c1cc(C)cc3c1B2c1ccc(C)cc1-3. The van der Waals surface area contributed by atoms with E-state index in [1.54, 1.807) is 0 Å². The Kier molecular flexibility index (Phi) is 7.14. The van der Waals surface area contributed by atoms with Crippen molar-refractivity contribution < 1.29 is 0 Å². The monoisotopic (exact) mass is 855 g/mol. The second-order valence-corrected chi connectivity index (χ2v) is 20.7. The molecule has 0 atom stereocenters. The van der Waals surface area contributed by atoms with E-state index in [4.69, 9.17) is 0 Å². The van der Waals surface area contributed by atoms with Crippen LogP contribution >= 0.6 is 0 Å². The predicted octanol–water partition coefficient (Wildman–Crippen LogP) is 11.4. The molecule has 4 aliphatic rings. The smallest absolute Gasteiger partial charge is 0.250 e. The zero-order chi connectivity index (χ0) is 45.0. The number of hydrogen-bond acceptors (Lipinski definition) is 1. The molecule has 0 unspecified atom stereocenters. The quantitative estimate of drug-likeness (QED) is 0.158. The summed E-state index contributed by atoms with van der Waals surface area (Å²) < 4.78 is 5.30. The van der Waals surface area contributed by atoms with E-state index in [-0.39, 0.29) is 13.4 Å². The summed E-state index contributed by atoms with van der Waals surface area (Å²) in [5, 5.41) is 5.19. The molecular formula is C62H47B2N3. The van der Waals surface area contributed by atoms with Crippen LogP contribution in [0.5, 0.6) is 0 Å². The molecule has 0 saturated carbocycles. The van der Waals surface area contributed by atoms with Crippen molar-refractivity contribution in [2.75, 3.05) is 4.90 Å². The summed E-state index contributed by atoms with van der Waals surface area (Å²) in [7, 11) is 0. The average Bonchev–Trinajstić information content (AvgIpc) is 4.00. The van der Waals surface area contributed by atoms with Crippen LogP contribution in [0.25, 0.3) is 77.2 Å². The van der Waals surface area contributed by atoms with E-state index in [2.05, 4.69) is 209 Å². The van der Waals surface area contributed by atoms with Gasteiger partial charge in [0.2, 0.25) is 0 Å². The fraction of sp³-hybridized carbons (Fsp3) is 0.129. The number of fused-ring (bicyclic) bond motifs is 16. The van der Waals surface area contributed by atoms with E-state index >= 15 is 0 Å². The lowest BCUT2D eigenvalue weighted by atomic mass is 9.31. The summed E-state index contributed by atoms with van der Waals surface area (Å²) in [6.07, 6.45) is 0. The van der Waals surface area contributed by atoms with Gasteiger partial charge in [-0.1, -0.05) is 117 Å². The van der Waals surface area contributed by atoms with Crippen LogP contribution < -0.4 is 37.7 Å². The van der Waals surface area contributed by atoms with E-state index in [1.165, 1.54) is 172 Å². The molecule has 0 aliphatic carbocycles. The molecule has 5 heteroatoms. The normalized spacial score (nSPS) is 13.6. The minimum absolute atomic E-state index is 0.0202. The molecule has 9 aromatic carbocycles. The van der Waals surface area contributed by atoms with Crippen LogP contribution in [0.2, 0.25) is 0 Å². The van der Waals surface area contributed by atoms with Crippen molar-refractivity contribution in [3.05, 3.63) is 184 Å². The molecule has 0 radical (unpaired) electrons. The van der Waals surface area contributed by atoms with Gasteiger partial charge in [0.05, 0.1) is 22.1 Å². The van der Waals surface area contributed by atoms with Crippen LogP contribution in [-0.4, -0.2) is 22.6 Å². The molecule has 6 heterocycles. The maximum absolute atomic E-state index is 2.75. The van der Waals surface area contributed by atoms with Gasteiger partial charge in [-0.15, -0.1) is 0 Å². The van der Waals surface area contributed by atoms with E-state index in [0.717, 1.165) is 0 Å². The Balaban J connectivity index is 1.22. The summed E-state index contributed by atoms with van der Waals surface area (Å²) in [6, 6.07) is 55.5. The van der Waals surface area contributed by atoms with Crippen LogP contribution in [0, 0.1) is 55.4 Å². The second kappa shape index (κ2) is 12.7. The fourth-order valence-corrected chi connectivity index (χ4v) is 13.4. The highest BCUT2D eigenvalue weighted by Crippen LogP contribution is 2.48. The van der Waals surface area contributed by atoms with Gasteiger partial charge in [-0.2, -0.15) is 0 Å². The van der Waals surface area contributed by atoms with Gasteiger partial charge in [0.1, 0.15) is 0 Å². The molecule has 0 amide bonds. The van der Waals surface area contributed by atoms with Crippen molar-refractivity contribution in [3.8, 4) is 33.6 Å². The highest BCUT2D eigenvalue weighted by molar-refractivity contribution is 7.06. The number of anilines is 3. The van der Waals surface area contributed by atoms with Gasteiger partial charge in [-0.25, -0.2) is 0 Å². The van der Waals surface area contributed by atoms with Gasteiger partial charge in [-0.3, -0.25) is 0 Å². The molecule has 0 bridgehead atoms. The van der Waals surface area contributed by atoms with Crippen LogP contribution in [-0.2, 0) is 0 Å². The zero-order valence-electron chi connectivity index (χ0n) is 39.3. The minimum Gasteiger partial charge on any atom is -0.312 e. The maximum Gasteiger partial charge on any atom is 0.250 e. The Labute approximate surface area is 392 Å². The largest absolute Gasteiger partial charge is 0.312 e. The number of aryl methyl sites for hydroxylation is 8. The van der Waals surface area contributed by atoms with Crippen molar-refractivity contribution in [2.45, 2.75) is 55.4 Å². The summed E-state index contributed by atoms with van der Waals surface area (Å²) in [5.41, 5.74) is 35.5. The first-order valence-corrected chi connectivity index (χ1v) is 24.1. The van der Waals surface area contributed by atoms with Crippen molar-refractivity contribution in [2.24, 2.45) is 0 Å². The summed E-state index contributed by atoms with van der Waals surface area (Å²) in [4.78, 5) is 2.75. The molecule has 15 rings (SSSR count). The van der Waals surface area contributed by atoms with E-state index in [0.29, 0.717) is 0 Å². The van der Waals surface area contributed by atoms with Gasteiger partial charge in [0.25, 0.3) is 13.4 Å². The van der Waals surface area contributed by atoms with Crippen molar-refractivity contribution in [1.82, 2.24) is 9.13 Å². The van der Waals surface area contributed by atoms with Gasteiger partial charge in [0.15, 0.2) is 0 Å². The number of rotatable bonds is 2. The standard InChI is InChI=1S/C62H47B2N3/c1-32-9-15-48-40(21-32)46-27-38(7)29-54-58(46)63(48)60-56(65-50-17-11-34(3)23-42(50)43-24-35(4)12-18-51(43)65)31-57(66-52-19-13-36(5)25-44(52)45-26-37(6)14-20-53(45)66)61-62(60)67(54)55-30-39(8)28-47-41-22-33(2)10-16-49(41)64(61)59(47)55/h9-31H,1-8H3. The van der Waals surface area contributed by atoms with E-state index < -0.39 is 0 Å². The lowest BCUT2D eigenvalue weighted by Crippen LogP contribution is -2.64. The van der Waals surface area contributed by atoms with Crippen LogP contribution in [0.4, 0.5) is 17.1 Å². The third-order valence-corrected chi connectivity index (χ3v) is 16.1. The Morgan fingerprint density at radius 1 is 0.284 bits per heavy atom. The molecule has 0 N–H and O–H groups in total. The van der Waals surface area contributed by atoms with Gasteiger partial charge in [-0.05, 0) is 177 Å². The molecular weight excluding hydrogens is 808 g/mol. The number of hydrogen-bond donors (Lipinski definition) is 0. The lowest BCUT2D eigenvalue weighted by molar-refractivity contribution is 1.14. The average molecular weight is 856 g/mol. The topological polar surface area (TPSA) is 13.1 Å². The third-order valence-electron chi connectivity index (χ3n) is 16.1. The molecule has 2 aromatic heterocycles. The van der Waals surface area contributed by atoms with E-state index in [9.17, 15) is 0 Å². The lowest BCUT2D eigenvalue weighted by Gasteiger charge is -2.44. The van der Waals surface area contributed by atoms with Crippen molar-refractivity contribution in [1.29, 1.82) is 0 Å². The fourth-order valence-electron chi connectivity index (χ4n) is 13.4. The van der Waals surface area contributed by atoms with Gasteiger partial charge in [0, 0.05) is 50.0 Å². The highest BCUT2D eigenvalue weighted by atomic mass is 15.2. The molecule has 316 valence electrons. The van der Waals surface area contributed by atoms with Crippen molar-refractivity contribution >= 4 is 107 Å². The molecule has 0 fully saturated rings. The van der Waals surface area contributed by atoms with Crippen LogP contribution in [0.15, 0.2) is 140 Å². The Morgan fingerprint density at radius 2 is 0.612 bits per heavy atom. The maximum atomic E-state index is 2.75. The third kappa shape index (κ3) is 4.74. The molecule has 4 aliphatic heterocycles. The zero-order valence-corrected chi connectivity index (χ0v) is 39.3. The second-order valence-electron chi connectivity index (χ2n) is 20.7. The van der Waals surface area contributed by atoms with E-state index in [1.807, 2.05) is 0 Å². The van der Waals surface area contributed by atoms with Crippen LogP contribution in [0.3, 0.4) is 0 Å². The summed E-state index contributed by atoms with van der Waals surface area (Å²) in [6.45, 7) is 18.1. The molecule has 67 heavy (non-hydrogen) atoms. The number of nitrogens with zero attached hydrogens (tertiary/aromatic N) is 3. The first-order valence-electron chi connectivity index (χ1n) is 24.1. The van der Waals surface area contributed by atoms with Crippen molar-refractivity contribution in [3.63, 3.8) is 0 Å². The number of benzene rings is 9. The van der Waals surface area contributed by atoms with Gasteiger partial charge < -0.3 is 14.0 Å². The molecule has 0 saturated heterocycles. The minimum atomic E-state index is 0.0202. The van der Waals surface area contributed by atoms with Gasteiger partial charge >= 0.3 is 0 Å². The molecule has 11 aromatic rings. The first kappa shape index (κ1) is 37.7. The number of aromatic nitrogens is 2. The Bertz CT molecular complexity index is 3780. The summed E-state index contributed by atoms with van der Waals surface area (Å²) >= 11 is 0. The summed E-state index contributed by atoms with van der Waals surface area (Å²) in [5.74, 6) is 0. The molecule has 3 nitrogen and oxygen atoms in total. The van der Waals surface area contributed by atoms with Crippen LogP contribution in [0.1, 0.15) is 44.5 Å². The Hall–Kier alpha value is -7.49. The highest BCUT2D eigenvalue weighted by Gasteiger charge is 2.52. The molecule has 0 spiro atoms. The predicted molar refractivity (Wildman–Crippen MR) is 288 cm³/mol. The first-order chi connectivity index (χ1) is 32.5. The Morgan fingerprint density at radius 3 is 0.985 bits per heavy atom.